The van der Waals surface area contributed by atoms with E-state index in [0.717, 1.165) is 12.5 Å². The van der Waals surface area contributed by atoms with Gasteiger partial charge in [0.05, 0.1) is 24.0 Å². The van der Waals surface area contributed by atoms with E-state index in [1.807, 2.05) is 6.92 Å². The fourth-order valence-electron chi connectivity index (χ4n) is 1.97. The first-order chi connectivity index (χ1) is 9.91. The highest BCUT2D eigenvalue weighted by atomic mass is 19.4. The molecule has 0 bridgehead atoms. The van der Waals surface area contributed by atoms with Crippen LogP contribution < -0.4 is 5.32 Å². The quantitative estimate of drug-likeness (QED) is 0.876. The summed E-state index contributed by atoms with van der Waals surface area (Å²) in [6, 6.07) is 5.83. The van der Waals surface area contributed by atoms with Crippen molar-refractivity contribution in [2.75, 3.05) is 0 Å². The summed E-state index contributed by atoms with van der Waals surface area (Å²) in [5.41, 5.74) is -0.161. The van der Waals surface area contributed by atoms with Gasteiger partial charge in [-0.1, -0.05) is 25.1 Å². The molecular formula is C15H18F3N3. The van der Waals surface area contributed by atoms with Gasteiger partial charge in [-0.15, -0.1) is 0 Å². The van der Waals surface area contributed by atoms with Crippen molar-refractivity contribution in [3.05, 3.63) is 41.9 Å². The molecule has 1 unspecified atom stereocenters. The zero-order chi connectivity index (χ0) is 15.5. The van der Waals surface area contributed by atoms with Gasteiger partial charge in [0, 0.05) is 11.6 Å². The van der Waals surface area contributed by atoms with E-state index in [-0.39, 0.29) is 5.56 Å². The highest BCUT2D eigenvalue weighted by molar-refractivity contribution is 5.64. The van der Waals surface area contributed by atoms with Crippen molar-refractivity contribution in [1.82, 2.24) is 15.3 Å². The second kappa shape index (κ2) is 6.30. The van der Waals surface area contributed by atoms with Crippen LogP contribution in [0.5, 0.6) is 0 Å². The maximum Gasteiger partial charge on any atom is 0.417 e. The second-order valence-electron chi connectivity index (χ2n) is 4.98. The van der Waals surface area contributed by atoms with Crippen LogP contribution in [0.15, 0.2) is 30.5 Å². The predicted molar refractivity (Wildman–Crippen MR) is 75.6 cm³/mol. The van der Waals surface area contributed by atoms with Crippen molar-refractivity contribution in [2.45, 2.75) is 39.0 Å². The number of H-pyrrole nitrogens is 1. The van der Waals surface area contributed by atoms with E-state index in [2.05, 4.69) is 22.2 Å². The third kappa shape index (κ3) is 3.85. The average molecular weight is 297 g/mol. The minimum Gasteiger partial charge on any atom is -0.341 e. The predicted octanol–water partition coefficient (Wildman–Crippen LogP) is 3.98. The number of nitrogens with zero attached hydrogens (tertiary/aromatic N) is 1. The van der Waals surface area contributed by atoms with Crippen molar-refractivity contribution >= 4 is 0 Å². The minimum atomic E-state index is -4.38. The maximum absolute atomic E-state index is 13.0. The van der Waals surface area contributed by atoms with Crippen LogP contribution in [0.2, 0.25) is 0 Å². The number of imidazole rings is 1. The van der Waals surface area contributed by atoms with Gasteiger partial charge in [0.15, 0.2) is 0 Å². The summed E-state index contributed by atoms with van der Waals surface area (Å²) in [6.45, 7) is 4.61. The molecule has 0 amide bonds. The number of aromatic amines is 1. The van der Waals surface area contributed by atoms with E-state index in [1.54, 1.807) is 6.07 Å². The highest BCUT2D eigenvalue weighted by Crippen LogP contribution is 2.36. The lowest BCUT2D eigenvalue weighted by Gasteiger charge is -2.11. The van der Waals surface area contributed by atoms with Gasteiger partial charge in [0.2, 0.25) is 0 Å². The second-order valence-corrected chi connectivity index (χ2v) is 4.98. The molecule has 0 aliphatic rings. The number of rotatable bonds is 5. The van der Waals surface area contributed by atoms with Gasteiger partial charge in [-0.3, -0.25) is 0 Å². The van der Waals surface area contributed by atoms with E-state index in [4.69, 9.17) is 0 Å². The summed E-state index contributed by atoms with van der Waals surface area (Å²) in [4.78, 5) is 7.08. The number of hydrogen-bond acceptors (Lipinski definition) is 2. The van der Waals surface area contributed by atoms with Gasteiger partial charge < -0.3 is 10.3 Å². The number of nitrogens with one attached hydrogen (secondary N) is 2. The molecule has 114 valence electrons. The van der Waals surface area contributed by atoms with E-state index in [9.17, 15) is 13.2 Å². The van der Waals surface area contributed by atoms with Gasteiger partial charge in [0.25, 0.3) is 0 Å². The Morgan fingerprint density at radius 3 is 2.67 bits per heavy atom. The van der Waals surface area contributed by atoms with Crippen LogP contribution in [0.25, 0.3) is 11.3 Å². The molecule has 1 aromatic heterocycles. The van der Waals surface area contributed by atoms with Crippen LogP contribution in [0, 0.1) is 0 Å². The van der Waals surface area contributed by atoms with Crippen molar-refractivity contribution in [1.29, 1.82) is 0 Å². The van der Waals surface area contributed by atoms with Crippen LogP contribution in [0.1, 0.15) is 31.7 Å². The average Bonchev–Trinajstić information content (AvgIpc) is 2.92. The smallest absolute Gasteiger partial charge is 0.341 e. The van der Waals surface area contributed by atoms with Crippen molar-refractivity contribution in [3.8, 4) is 11.3 Å². The van der Waals surface area contributed by atoms with Crippen LogP contribution in [0.4, 0.5) is 13.2 Å². The molecule has 2 N–H and O–H groups in total. The largest absolute Gasteiger partial charge is 0.417 e. The lowest BCUT2D eigenvalue weighted by atomic mass is 10.1. The number of halogens is 3. The normalized spacial score (nSPS) is 13.4. The Balaban J connectivity index is 2.22. The summed E-state index contributed by atoms with van der Waals surface area (Å²) in [5.74, 6) is 0.627. The number of benzene rings is 1. The summed E-state index contributed by atoms with van der Waals surface area (Å²) in [7, 11) is 0. The number of hydrogen-bond donors (Lipinski definition) is 2. The van der Waals surface area contributed by atoms with Gasteiger partial charge in [-0.25, -0.2) is 4.98 Å². The highest BCUT2D eigenvalue weighted by Gasteiger charge is 2.33. The van der Waals surface area contributed by atoms with E-state index in [0.29, 0.717) is 24.1 Å². The van der Waals surface area contributed by atoms with Crippen LogP contribution >= 0.6 is 0 Å². The molecule has 0 saturated carbocycles. The van der Waals surface area contributed by atoms with Gasteiger partial charge in [0.1, 0.15) is 5.82 Å². The minimum absolute atomic E-state index is 0.118. The molecule has 0 fully saturated rings. The lowest BCUT2D eigenvalue weighted by molar-refractivity contribution is -0.137. The first-order valence-corrected chi connectivity index (χ1v) is 6.85. The molecule has 0 spiro atoms. The maximum atomic E-state index is 13.0. The molecule has 0 saturated heterocycles. The summed E-state index contributed by atoms with van der Waals surface area (Å²) >= 11 is 0. The lowest BCUT2D eigenvalue weighted by Crippen LogP contribution is -2.24. The topological polar surface area (TPSA) is 40.7 Å². The molecule has 2 rings (SSSR count). The Labute approximate surface area is 121 Å². The number of alkyl halides is 3. The third-order valence-electron chi connectivity index (χ3n) is 3.38. The van der Waals surface area contributed by atoms with E-state index >= 15 is 0 Å². The fraction of sp³-hybridized carbons (Fsp3) is 0.400. The molecule has 0 radical (unpaired) electrons. The summed E-state index contributed by atoms with van der Waals surface area (Å²) in [5, 5.41) is 3.24. The van der Waals surface area contributed by atoms with Gasteiger partial charge >= 0.3 is 6.18 Å². The molecule has 6 heteroatoms. The van der Waals surface area contributed by atoms with Crippen molar-refractivity contribution in [3.63, 3.8) is 0 Å². The van der Waals surface area contributed by atoms with Gasteiger partial charge in [-0.2, -0.15) is 13.2 Å². The molecule has 21 heavy (non-hydrogen) atoms. The summed E-state index contributed by atoms with van der Waals surface area (Å²) in [6.07, 6.45) is -1.96. The Hall–Kier alpha value is -1.82. The molecule has 1 atom stereocenters. The molecule has 0 aliphatic carbocycles. The fourth-order valence-corrected chi connectivity index (χ4v) is 1.97. The molecule has 3 nitrogen and oxygen atoms in total. The zero-order valence-electron chi connectivity index (χ0n) is 12.0. The standard InChI is InChI=1S/C15H18F3N3/c1-3-10(2)19-9-14-20-8-13(21-14)11-6-4-5-7-12(11)15(16,17)18/h4-8,10,19H,3,9H2,1-2H3,(H,20,21). The molecule has 2 aromatic rings. The van der Waals surface area contributed by atoms with Gasteiger partial charge in [-0.05, 0) is 19.4 Å². The van der Waals surface area contributed by atoms with Crippen LogP contribution in [-0.2, 0) is 12.7 Å². The Morgan fingerprint density at radius 2 is 2.00 bits per heavy atom. The first-order valence-electron chi connectivity index (χ1n) is 6.85. The van der Waals surface area contributed by atoms with Crippen LogP contribution in [-0.4, -0.2) is 16.0 Å². The monoisotopic (exact) mass is 297 g/mol. The Bertz CT molecular complexity index is 590. The van der Waals surface area contributed by atoms with Crippen molar-refractivity contribution in [2.24, 2.45) is 0 Å². The zero-order valence-corrected chi connectivity index (χ0v) is 12.0. The van der Waals surface area contributed by atoms with E-state index < -0.39 is 11.7 Å². The van der Waals surface area contributed by atoms with Crippen LogP contribution in [0.3, 0.4) is 0 Å². The molecule has 1 heterocycles. The Morgan fingerprint density at radius 1 is 1.29 bits per heavy atom. The van der Waals surface area contributed by atoms with Crippen molar-refractivity contribution < 1.29 is 13.2 Å². The Kier molecular flexibility index (Phi) is 4.67. The molecular weight excluding hydrogens is 279 g/mol. The first kappa shape index (κ1) is 15.6. The summed E-state index contributed by atoms with van der Waals surface area (Å²) < 4.78 is 39.0. The molecule has 0 aliphatic heterocycles. The van der Waals surface area contributed by atoms with E-state index in [1.165, 1.54) is 18.3 Å². The number of aromatic nitrogens is 2. The third-order valence-corrected chi connectivity index (χ3v) is 3.38. The SMILES string of the molecule is CCC(C)NCc1ncc(-c2ccccc2C(F)(F)F)[nH]1. The molecule has 1 aromatic carbocycles.